The van der Waals surface area contributed by atoms with Gasteiger partial charge < -0.3 is 0 Å². The van der Waals surface area contributed by atoms with Crippen LogP contribution in [0, 0.1) is 57.5 Å². The number of alkyl halides is 21. The smallest absolute Gasteiger partial charge is 0.299 e. The average molecular weight is 1030 g/mol. The van der Waals surface area contributed by atoms with E-state index in [1.165, 1.54) is 62.3 Å². The van der Waals surface area contributed by atoms with Crippen molar-refractivity contribution in [3.63, 3.8) is 0 Å². The third-order valence-corrected chi connectivity index (χ3v) is 6.77. The standard InChI is InChI=1S/3C10H11F7O2.Pr/c3*1-7(2,3)5(18)4-6(19)8(11,12)9(13,14)10(15,16)17;/h3*4H2,1-3H3;. The Balaban J connectivity index is -0.000000374. The second kappa shape index (κ2) is 19.3. The molecule has 58 heavy (non-hydrogen) atoms. The van der Waals surface area contributed by atoms with E-state index in [0.717, 1.165) is 0 Å². The molecule has 0 aliphatic rings. The fraction of sp³-hybridized carbons (Fsp3) is 0.800. The maximum Gasteiger partial charge on any atom is 0.460 e. The number of hydrogen-bond donors (Lipinski definition) is 0. The van der Waals surface area contributed by atoms with Gasteiger partial charge in [-0.25, -0.2) is 0 Å². The van der Waals surface area contributed by atoms with E-state index < -0.39 is 124 Å². The van der Waals surface area contributed by atoms with Gasteiger partial charge >= 0.3 is 54.1 Å². The zero-order chi connectivity index (χ0) is 47.6. The van der Waals surface area contributed by atoms with Crippen LogP contribution in [0.15, 0.2) is 0 Å². The van der Waals surface area contributed by atoms with Gasteiger partial charge in [0.25, 0.3) is 0 Å². The van der Waals surface area contributed by atoms with Crippen LogP contribution in [-0.2, 0) is 28.8 Å². The maximum atomic E-state index is 12.9. The SMILES string of the molecule is CC(C)(C)C(=O)CC(=O)C(F)(F)C(F)(F)C(F)(F)F.CC(C)(C)C(=O)CC(=O)C(F)(F)C(F)(F)C(F)(F)F.CC(C)(C)C(=O)CC(=O)C(F)(F)C(F)(F)C(F)(F)F.[Pr]. The molecule has 0 saturated heterocycles. The van der Waals surface area contributed by atoms with Gasteiger partial charge in [-0.1, -0.05) is 62.3 Å². The Labute approximate surface area is 347 Å². The molecule has 6 nitrogen and oxygen atoms in total. The van der Waals surface area contributed by atoms with E-state index in [0.29, 0.717) is 0 Å². The Morgan fingerprint density at radius 1 is 0.276 bits per heavy atom. The first kappa shape index (κ1) is 62.6. The van der Waals surface area contributed by atoms with Gasteiger partial charge in [-0.15, -0.1) is 0 Å². The molecule has 0 aromatic carbocycles. The predicted octanol–water partition coefficient (Wildman–Crippen LogP) is 10.2. The van der Waals surface area contributed by atoms with E-state index in [-0.39, 0.29) is 41.3 Å². The molecule has 1 radical (unpaired) electrons. The molecule has 0 unspecified atom stereocenters. The van der Waals surface area contributed by atoms with Crippen LogP contribution >= 0.6 is 0 Å². The molecule has 0 aromatic heterocycles. The van der Waals surface area contributed by atoms with Gasteiger partial charge in [0.1, 0.15) is 17.3 Å². The van der Waals surface area contributed by atoms with Gasteiger partial charge in [-0.2, -0.15) is 92.2 Å². The van der Waals surface area contributed by atoms with Crippen molar-refractivity contribution >= 4 is 34.7 Å². The Hall–Kier alpha value is -2.09. The van der Waals surface area contributed by atoms with Gasteiger partial charge in [0.15, 0.2) is 0 Å². The van der Waals surface area contributed by atoms with E-state index in [1.807, 2.05) is 0 Å². The molecular weight excluding hydrogens is 996 g/mol. The van der Waals surface area contributed by atoms with Crippen LogP contribution in [0.3, 0.4) is 0 Å². The molecule has 0 spiro atoms. The normalized spacial score (nSPS) is 14.2. The molecular formula is C30H33F21O6Pr. The zero-order valence-corrected chi connectivity index (χ0v) is 34.8. The van der Waals surface area contributed by atoms with E-state index in [9.17, 15) is 121 Å². The number of halogens is 21. The van der Waals surface area contributed by atoms with Crippen molar-refractivity contribution in [1.82, 2.24) is 0 Å². The minimum Gasteiger partial charge on any atom is -0.299 e. The first-order valence-electron chi connectivity index (χ1n) is 14.8. The number of ketones is 6. The monoisotopic (exact) mass is 1030 g/mol. The average Bonchev–Trinajstić information content (AvgIpc) is 2.93. The summed E-state index contributed by atoms with van der Waals surface area (Å²) in [5.74, 6) is -49.2. The summed E-state index contributed by atoms with van der Waals surface area (Å²) in [5, 5.41) is 0. The topological polar surface area (TPSA) is 102 Å². The summed E-state index contributed by atoms with van der Waals surface area (Å²) >= 11 is 0. The Kier molecular flexibility index (Phi) is 20.8. The number of carbonyl (C=O) groups excluding carboxylic acids is 6. The molecule has 0 aliphatic heterocycles. The van der Waals surface area contributed by atoms with Crippen molar-refractivity contribution in [2.24, 2.45) is 16.2 Å². The third kappa shape index (κ3) is 15.1. The van der Waals surface area contributed by atoms with Crippen molar-refractivity contribution in [2.75, 3.05) is 0 Å². The van der Waals surface area contributed by atoms with Crippen LogP contribution in [0.2, 0.25) is 0 Å². The molecule has 0 rings (SSSR count). The first-order valence-corrected chi connectivity index (χ1v) is 14.8. The third-order valence-electron chi connectivity index (χ3n) is 6.77. The van der Waals surface area contributed by atoms with Crippen LogP contribution in [0.25, 0.3) is 0 Å². The molecule has 0 heterocycles. The molecule has 0 bridgehead atoms. The summed E-state index contributed by atoms with van der Waals surface area (Å²) in [6.07, 6.45) is -24.8. The number of Topliss-reactive ketones (excluding diaryl/α,β-unsaturated/α-hetero) is 6. The molecule has 0 N–H and O–H groups in total. The van der Waals surface area contributed by atoms with E-state index in [2.05, 4.69) is 0 Å². The van der Waals surface area contributed by atoms with Crippen LogP contribution in [-0.4, -0.2) is 88.8 Å². The minimum atomic E-state index is -6.59. The summed E-state index contributed by atoms with van der Waals surface area (Å²) in [4.78, 5) is 66.2. The Bertz CT molecular complexity index is 1310. The summed E-state index contributed by atoms with van der Waals surface area (Å²) in [6.45, 7) is 10.9. The van der Waals surface area contributed by atoms with Gasteiger partial charge in [0.2, 0.25) is 17.3 Å². The quantitative estimate of drug-likeness (QED) is 0.143. The summed E-state index contributed by atoms with van der Waals surface area (Å²) in [5.41, 5.74) is -3.92. The van der Waals surface area contributed by atoms with Crippen LogP contribution in [0.5, 0.6) is 0 Å². The molecule has 0 fully saturated rings. The largest absolute Gasteiger partial charge is 0.460 e. The number of hydrogen-bond acceptors (Lipinski definition) is 6. The fourth-order valence-corrected chi connectivity index (χ4v) is 2.63. The number of carbonyl (C=O) groups is 6. The van der Waals surface area contributed by atoms with Gasteiger partial charge in [0, 0.05) is 57.5 Å². The molecule has 0 aromatic rings. The summed E-state index contributed by atoms with van der Waals surface area (Å²) in [7, 11) is 0. The van der Waals surface area contributed by atoms with Gasteiger partial charge in [-0.3, -0.25) is 28.8 Å². The van der Waals surface area contributed by atoms with Crippen molar-refractivity contribution in [1.29, 1.82) is 0 Å². The predicted molar refractivity (Wildman–Crippen MR) is 150 cm³/mol. The van der Waals surface area contributed by atoms with Crippen LogP contribution < -0.4 is 0 Å². The molecule has 0 saturated carbocycles. The summed E-state index contributed by atoms with van der Waals surface area (Å²) in [6, 6.07) is 0. The van der Waals surface area contributed by atoms with Gasteiger partial charge in [0.05, 0.1) is 19.3 Å². The van der Waals surface area contributed by atoms with E-state index >= 15 is 0 Å². The van der Waals surface area contributed by atoms with Crippen molar-refractivity contribution in [3.05, 3.63) is 0 Å². The second-order valence-corrected chi connectivity index (χ2v) is 14.8. The van der Waals surface area contributed by atoms with Crippen molar-refractivity contribution in [2.45, 2.75) is 136 Å². The van der Waals surface area contributed by atoms with Crippen molar-refractivity contribution < 1.29 is 162 Å². The van der Waals surface area contributed by atoms with Gasteiger partial charge in [-0.05, 0) is 0 Å². The molecule has 0 amide bonds. The van der Waals surface area contributed by atoms with E-state index in [4.69, 9.17) is 0 Å². The molecule has 339 valence electrons. The van der Waals surface area contributed by atoms with Crippen LogP contribution in [0.1, 0.15) is 81.6 Å². The zero-order valence-electron chi connectivity index (χ0n) is 31.1. The Morgan fingerprint density at radius 2 is 0.397 bits per heavy atom. The summed E-state index contributed by atoms with van der Waals surface area (Å²) < 4.78 is 258. The maximum absolute atomic E-state index is 12.9. The van der Waals surface area contributed by atoms with Crippen LogP contribution in [0.4, 0.5) is 92.2 Å². The molecule has 0 atom stereocenters. The minimum absolute atomic E-state index is 0. The van der Waals surface area contributed by atoms with E-state index in [1.54, 1.807) is 0 Å². The first-order chi connectivity index (χ1) is 24.1. The number of rotatable bonds is 12. The molecule has 0 aliphatic carbocycles. The Morgan fingerprint density at radius 3 is 0.483 bits per heavy atom. The fourth-order valence-electron chi connectivity index (χ4n) is 2.63. The molecule has 28 heteroatoms. The van der Waals surface area contributed by atoms with Crippen molar-refractivity contribution in [3.8, 4) is 0 Å². The second-order valence-electron chi connectivity index (χ2n) is 14.8.